The predicted octanol–water partition coefficient (Wildman–Crippen LogP) is 2.69. The van der Waals surface area contributed by atoms with Gasteiger partial charge in [0.15, 0.2) is 17.7 Å². The van der Waals surface area contributed by atoms with Crippen molar-refractivity contribution in [2.24, 2.45) is 0 Å². The van der Waals surface area contributed by atoms with E-state index < -0.39 is 25.6 Å². The average molecular weight is 679 g/mol. The van der Waals surface area contributed by atoms with Crippen molar-refractivity contribution in [1.29, 1.82) is 0 Å². The van der Waals surface area contributed by atoms with E-state index in [1.54, 1.807) is 17.2 Å². The van der Waals surface area contributed by atoms with Crippen LogP contribution in [-0.4, -0.2) is 119 Å². The van der Waals surface area contributed by atoms with Gasteiger partial charge in [-0.1, -0.05) is 0 Å². The Morgan fingerprint density at radius 1 is 1.08 bits per heavy atom. The molecule has 6 rings (SSSR count). The fourth-order valence-electron chi connectivity index (χ4n) is 5.33. The average Bonchev–Trinajstić information content (AvgIpc) is 3.73. The number of likely N-dealkylation sites (tertiary alicyclic amines) is 1. The minimum atomic E-state index is -3.25. The topological polar surface area (TPSA) is 149 Å². The van der Waals surface area contributed by atoms with Crippen molar-refractivity contribution in [2.75, 3.05) is 45.6 Å². The molecule has 15 nitrogen and oxygen atoms in total. The van der Waals surface area contributed by atoms with Gasteiger partial charge in [-0.2, -0.15) is 32.6 Å². The van der Waals surface area contributed by atoms with Crippen LogP contribution in [0.4, 0.5) is 27.6 Å². The van der Waals surface area contributed by atoms with Crippen LogP contribution in [0.5, 0.6) is 11.5 Å². The van der Waals surface area contributed by atoms with Crippen LogP contribution in [0, 0.1) is 0 Å². The molecule has 5 aromatic rings. The molecule has 20 heteroatoms. The van der Waals surface area contributed by atoms with Gasteiger partial charge < -0.3 is 24.8 Å². The monoisotopic (exact) mass is 678 g/mol. The third-order valence-electron chi connectivity index (χ3n) is 7.36. The number of tetrazole rings is 1. The Morgan fingerprint density at radius 2 is 1.88 bits per heavy atom. The molecule has 48 heavy (non-hydrogen) atoms. The number of anilines is 1. The summed E-state index contributed by atoms with van der Waals surface area (Å²) in [5, 5.41) is 35.3. The summed E-state index contributed by atoms with van der Waals surface area (Å²) in [5.74, 6) is -0.475. The molecule has 1 saturated heterocycles. The van der Waals surface area contributed by atoms with Crippen LogP contribution in [0.15, 0.2) is 49.1 Å². The highest BCUT2D eigenvalue weighted by Crippen LogP contribution is 2.39. The second-order valence-corrected chi connectivity index (χ2v) is 11.3. The lowest BCUT2D eigenvalue weighted by atomic mass is 10.1. The number of aromatic nitrogens is 9. The van der Waals surface area contributed by atoms with Gasteiger partial charge in [0.2, 0.25) is 0 Å². The lowest BCUT2D eigenvalue weighted by molar-refractivity contribution is -0.0526. The van der Waals surface area contributed by atoms with E-state index in [2.05, 4.69) is 45.4 Å². The molecule has 1 aliphatic rings. The molecule has 0 amide bonds. The predicted molar refractivity (Wildman–Crippen MR) is 158 cm³/mol. The maximum Gasteiger partial charge on any atom is 0.387 e. The Balaban J connectivity index is 1.27. The van der Waals surface area contributed by atoms with Gasteiger partial charge in [0.1, 0.15) is 29.9 Å². The first-order valence-electron chi connectivity index (χ1n) is 14.7. The molecule has 2 unspecified atom stereocenters. The summed E-state index contributed by atoms with van der Waals surface area (Å²) in [7, 11) is 3.62. The molecule has 0 radical (unpaired) electrons. The van der Waals surface area contributed by atoms with Crippen LogP contribution < -0.4 is 14.8 Å². The Labute approximate surface area is 269 Å². The van der Waals surface area contributed by atoms with Crippen LogP contribution in [0.25, 0.3) is 16.9 Å². The normalized spacial score (nSPS) is 15.4. The number of alkyl halides is 5. The molecule has 5 heterocycles. The number of halogens is 5. The van der Waals surface area contributed by atoms with Gasteiger partial charge in [0.05, 0.1) is 29.1 Å². The van der Waals surface area contributed by atoms with Crippen LogP contribution in [0.3, 0.4) is 0 Å². The molecule has 1 aliphatic heterocycles. The fraction of sp³-hybridized carbons (Fsp3) is 0.429. The largest absolute Gasteiger partial charge is 0.435 e. The summed E-state index contributed by atoms with van der Waals surface area (Å²) in [6.07, 6.45) is 3.58. The summed E-state index contributed by atoms with van der Waals surface area (Å²) in [6.45, 7) is -4.78. The molecular weight excluding hydrogens is 647 g/mol. The number of benzene rings is 1. The van der Waals surface area contributed by atoms with Gasteiger partial charge in [-0.25, -0.2) is 13.9 Å². The molecule has 1 aromatic carbocycles. The number of rotatable bonds is 15. The zero-order valence-electron chi connectivity index (χ0n) is 25.6. The number of aliphatic hydroxyl groups is 1. The molecule has 0 spiro atoms. The second kappa shape index (κ2) is 14.0. The molecule has 2 atom stereocenters. The molecular formula is C28H31F5N12O3. The number of fused-ring (bicyclic) bond motifs is 1. The van der Waals surface area contributed by atoms with Gasteiger partial charge in [0.25, 0.3) is 0 Å². The van der Waals surface area contributed by atoms with E-state index in [4.69, 9.17) is 0 Å². The third kappa shape index (κ3) is 7.60. The van der Waals surface area contributed by atoms with E-state index >= 15 is 0 Å². The van der Waals surface area contributed by atoms with Gasteiger partial charge in [-0.15, -0.1) is 10.2 Å². The quantitative estimate of drug-likeness (QED) is 0.124. The zero-order chi connectivity index (χ0) is 33.9. The number of nitrogens with zero attached hydrogens (tertiary/aromatic N) is 11. The van der Waals surface area contributed by atoms with Gasteiger partial charge in [-0.05, 0) is 43.6 Å². The van der Waals surface area contributed by atoms with E-state index in [1.807, 2.05) is 19.0 Å². The summed E-state index contributed by atoms with van der Waals surface area (Å²) >= 11 is 0. The number of hydrogen-bond donors (Lipinski definition) is 2. The molecule has 4 aromatic heterocycles. The van der Waals surface area contributed by atoms with Crippen LogP contribution in [0.1, 0.15) is 23.7 Å². The molecule has 0 saturated carbocycles. The summed E-state index contributed by atoms with van der Waals surface area (Å²) in [4.78, 5) is 9.41. The first-order chi connectivity index (χ1) is 23.0. The lowest BCUT2D eigenvalue weighted by Crippen LogP contribution is -2.51. The Hall–Kier alpha value is -4.95. The SMILES string of the molecule is CN(C)CC(F)CN1CC(n2nnc(Cn3cc(NC(O)c4cnn5cccnc45)c(-c4cc(OC(F)F)ccc4OC(F)F)n3)n2)C1. The molecule has 0 bridgehead atoms. The van der Waals surface area contributed by atoms with Crippen molar-refractivity contribution in [3.05, 3.63) is 60.4 Å². The van der Waals surface area contributed by atoms with Gasteiger partial charge in [0, 0.05) is 44.8 Å². The van der Waals surface area contributed by atoms with E-state index in [-0.39, 0.29) is 52.4 Å². The molecule has 1 fully saturated rings. The summed E-state index contributed by atoms with van der Waals surface area (Å²) in [5.41, 5.74) is 0.552. The Morgan fingerprint density at radius 3 is 2.62 bits per heavy atom. The maximum absolute atomic E-state index is 14.2. The van der Waals surface area contributed by atoms with E-state index in [9.17, 15) is 27.1 Å². The Kier molecular flexibility index (Phi) is 9.64. The van der Waals surface area contributed by atoms with E-state index in [0.29, 0.717) is 31.8 Å². The first kappa shape index (κ1) is 33.0. The second-order valence-electron chi connectivity index (χ2n) is 11.3. The van der Waals surface area contributed by atoms with E-state index in [0.717, 1.165) is 18.2 Å². The zero-order valence-corrected chi connectivity index (χ0v) is 25.6. The smallest absolute Gasteiger partial charge is 0.387 e. The summed E-state index contributed by atoms with van der Waals surface area (Å²) < 4.78 is 79.1. The van der Waals surface area contributed by atoms with Gasteiger partial charge >= 0.3 is 13.2 Å². The standard InChI is InChI=1S/C28H31F5N12O3/c1-41(2)10-16(29)11-42-12-17(13-42)45-38-23(37-40-45)15-43-14-21(36-26(46)20-9-35-44-7-3-6-34-25(20)44)24(39-43)19-8-18(47-27(30)31)4-5-22(19)48-28(32)33/h3-9,14,16-17,26-28,36,46H,10-13,15H2,1-2H3. The van der Waals surface area contributed by atoms with Crippen molar-refractivity contribution in [3.8, 4) is 22.8 Å². The van der Waals surface area contributed by atoms with Crippen molar-refractivity contribution < 1.29 is 36.5 Å². The summed E-state index contributed by atoms with van der Waals surface area (Å²) in [6, 6.07) is 4.72. The van der Waals surface area contributed by atoms with Crippen molar-refractivity contribution in [1.82, 2.24) is 54.4 Å². The third-order valence-corrected chi connectivity index (χ3v) is 7.36. The van der Waals surface area contributed by atoms with Crippen molar-refractivity contribution >= 4 is 11.3 Å². The molecule has 0 aliphatic carbocycles. The highest BCUT2D eigenvalue weighted by Gasteiger charge is 2.32. The minimum Gasteiger partial charge on any atom is -0.435 e. The van der Waals surface area contributed by atoms with E-state index in [1.165, 1.54) is 32.6 Å². The highest BCUT2D eigenvalue weighted by atomic mass is 19.3. The molecule has 2 N–H and O–H groups in total. The lowest BCUT2D eigenvalue weighted by Gasteiger charge is -2.38. The highest BCUT2D eigenvalue weighted by molar-refractivity contribution is 5.79. The fourth-order valence-corrected chi connectivity index (χ4v) is 5.33. The van der Waals surface area contributed by atoms with Crippen molar-refractivity contribution in [3.63, 3.8) is 0 Å². The molecule has 256 valence electrons. The van der Waals surface area contributed by atoms with Crippen LogP contribution >= 0.6 is 0 Å². The first-order valence-corrected chi connectivity index (χ1v) is 14.7. The van der Waals surface area contributed by atoms with Crippen LogP contribution in [0.2, 0.25) is 0 Å². The number of aliphatic hydroxyl groups excluding tert-OH is 1. The van der Waals surface area contributed by atoms with Gasteiger partial charge in [-0.3, -0.25) is 9.58 Å². The Bertz CT molecular complexity index is 1830. The number of ether oxygens (including phenoxy) is 2. The maximum atomic E-state index is 14.2. The number of hydrogen-bond acceptors (Lipinski definition) is 12. The van der Waals surface area contributed by atoms with Crippen LogP contribution in [-0.2, 0) is 6.54 Å². The minimum absolute atomic E-state index is 0.0469. The van der Waals surface area contributed by atoms with Crippen molar-refractivity contribution in [2.45, 2.75) is 38.2 Å². The number of nitrogens with one attached hydrogen (secondary N) is 1.